The number of carbonyl (C=O) groups is 1. The molecular weight excluding hydrogens is 359 g/mol. The standard InChI is InChI=1S/C12H24N4O2.HI/c1-15(2)11(16(3)4)14-9-12(10(13)17)5-7-18-8-6-12;/h5-9H2,1-4H3,(H2,13,17);1H. The highest BCUT2D eigenvalue weighted by molar-refractivity contribution is 14.0. The van der Waals surface area contributed by atoms with Crippen LogP contribution in [0.2, 0.25) is 0 Å². The van der Waals surface area contributed by atoms with Crippen molar-refractivity contribution in [2.75, 3.05) is 47.9 Å². The normalized spacial score (nSPS) is 17.1. The number of ether oxygens (including phenoxy) is 1. The summed E-state index contributed by atoms with van der Waals surface area (Å²) in [4.78, 5) is 20.1. The van der Waals surface area contributed by atoms with Crippen LogP contribution in [0.4, 0.5) is 0 Å². The summed E-state index contributed by atoms with van der Waals surface area (Å²) < 4.78 is 5.30. The second-order valence-corrected chi connectivity index (χ2v) is 5.16. The number of rotatable bonds is 3. The Labute approximate surface area is 132 Å². The summed E-state index contributed by atoms with van der Waals surface area (Å²) in [5.41, 5.74) is 5.00. The van der Waals surface area contributed by atoms with Gasteiger partial charge in [-0.3, -0.25) is 9.79 Å². The van der Waals surface area contributed by atoms with Gasteiger partial charge in [0.2, 0.25) is 5.91 Å². The second-order valence-electron chi connectivity index (χ2n) is 5.16. The van der Waals surface area contributed by atoms with Crippen LogP contribution in [0.25, 0.3) is 0 Å². The quantitative estimate of drug-likeness (QED) is 0.434. The lowest BCUT2D eigenvalue weighted by atomic mass is 9.79. The van der Waals surface area contributed by atoms with Crippen LogP contribution in [-0.2, 0) is 9.53 Å². The number of nitrogens with two attached hydrogens (primary N) is 1. The van der Waals surface area contributed by atoms with Gasteiger partial charge < -0.3 is 20.3 Å². The van der Waals surface area contributed by atoms with Crippen LogP contribution in [0.5, 0.6) is 0 Å². The summed E-state index contributed by atoms with van der Waals surface area (Å²) in [7, 11) is 7.72. The van der Waals surface area contributed by atoms with Gasteiger partial charge in [-0.2, -0.15) is 0 Å². The van der Waals surface area contributed by atoms with Gasteiger partial charge in [0.05, 0.1) is 12.0 Å². The van der Waals surface area contributed by atoms with E-state index in [0.29, 0.717) is 32.6 Å². The third kappa shape index (κ3) is 4.79. The molecule has 7 heteroatoms. The Morgan fingerprint density at radius 1 is 1.21 bits per heavy atom. The van der Waals surface area contributed by atoms with E-state index < -0.39 is 5.41 Å². The third-order valence-electron chi connectivity index (χ3n) is 3.30. The molecule has 0 unspecified atom stereocenters. The smallest absolute Gasteiger partial charge is 0.225 e. The first-order valence-electron chi connectivity index (χ1n) is 6.16. The van der Waals surface area contributed by atoms with Gasteiger partial charge >= 0.3 is 0 Å². The van der Waals surface area contributed by atoms with Gasteiger partial charge in [0.25, 0.3) is 0 Å². The number of primary amides is 1. The summed E-state index contributed by atoms with van der Waals surface area (Å²) in [5, 5.41) is 0. The zero-order valence-corrected chi connectivity index (χ0v) is 14.5. The van der Waals surface area contributed by atoms with E-state index in [9.17, 15) is 4.79 Å². The summed E-state index contributed by atoms with van der Waals surface area (Å²) in [6, 6.07) is 0. The minimum Gasteiger partial charge on any atom is -0.381 e. The van der Waals surface area contributed by atoms with Crippen molar-refractivity contribution in [2.45, 2.75) is 12.8 Å². The summed E-state index contributed by atoms with van der Waals surface area (Å²) in [6.45, 7) is 1.59. The molecule has 1 saturated heterocycles. The lowest BCUT2D eigenvalue weighted by Crippen LogP contribution is -2.45. The van der Waals surface area contributed by atoms with E-state index in [0.717, 1.165) is 5.96 Å². The fraction of sp³-hybridized carbons (Fsp3) is 0.833. The summed E-state index contributed by atoms with van der Waals surface area (Å²) in [6.07, 6.45) is 1.31. The Morgan fingerprint density at radius 2 is 1.68 bits per heavy atom. The van der Waals surface area contributed by atoms with Gasteiger partial charge in [-0.25, -0.2) is 0 Å². The number of carbonyl (C=O) groups excluding carboxylic acids is 1. The first-order chi connectivity index (χ1) is 8.39. The topological polar surface area (TPSA) is 71.2 Å². The van der Waals surface area contributed by atoms with Gasteiger partial charge in [0.15, 0.2) is 5.96 Å². The van der Waals surface area contributed by atoms with Crippen molar-refractivity contribution in [1.82, 2.24) is 9.80 Å². The first-order valence-corrected chi connectivity index (χ1v) is 6.16. The van der Waals surface area contributed by atoms with Gasteiger partial charge in [0.1, 0.15) is 0 Å². The van der Waals surface area contributed by atoms with Crippen molar-refractivity contribution in [1.29, 1.82) is 0 Å². The molecule has 0 aliphatic carbocycles. The highest BCUT2D eigenvalue weighted by atomic mass is 127. The van der Waals surface area contributed by atoms with E-state index in [1.807, 2.05) is 38.0 Å². The molecule has 112 valence electrons. The van der Waals surface area contributed by atoms with Crippen LogP contribution >= 0.6 is 24.0 Å². The van der Waals surface area contributed by atoms with Crippen LogP contribution < -0.4 is 5.73 Å². The average Bonchev–Trinajstić information content (AvgIpc) is 2.29. The second kappa shape index (κ2) is 7.88. The molecule has 0 aromatic rings. The molecule has 1 amide bonds. The highest BCUT2D eigenvalue weighted by Gasteiger charge is 2.38. The van der Waals surface area contributed by atoms with Crippen molar-refractivity contribution in [3.8, 4) is 0 Å². The summed E-state index contributed by atoms with van der Waals surface area (Å²) in [5.74, 6) is 0.563. The fourth-order valence-corrected chi connectivity index (χ4v) is 2.15. The number of hydrogen-bond acceptors (Lipinski definition) is 3. The molecule has 2 N–H and O–H groups in total. The Bertz CT molecular complexity index is 316. The zero-order chi connectivity index (χ0) is 13.8. The predicted molar refractivity (Wildman–Crippen MR) is 86.8 cm³/mol. The minimum absolute atomic E-state index is 0. The highest BCUT2D eigenvalue weighted by Crippen LogP contribution is 2.30. The molecule has 0 aromatic heterocycles. The maximum atomic E-state index is 11.7. The number of aliphatic imine (C=N–C) groups is 1. The molecule has 1 rings (SSSR count). The number of hydrogen-bond donors (Lipinski definition) is 1. The summed E-state index contributed by atoms with van der Waals surface area (Å²) >= 11 is 0. The molecule has 0 radical (unpaired) electrons. The maximum Gasteiger partial charge on any atom is 0.225 e. The molecule has 1 heterocycles. The van der Waals surface area contributed by atoms with Crippen molar-refractivity contribution < 1.29 is 9.53 Å². The predicted octanol–water partition coefficient (Wildman–Crippen LogP) is 0.366. The van der Waals surface area contributed by atoms with E-state index in [1.54, 1.807) is 0 Å². The molecule has 0 saturated carbocycles. The number of guanidine groups is 1. The van der Waals surface area contributed by atoms with E-state index in [4.69, 9.17) is 10.5 Å². The zero-order valence-electron chi connectivity index (χ0n) is 12.2. The Hall–Kier alpha value is -0.570. The SMILES string of the molecule is CN(C)C(=NCC1(C(N)=O)CCOCC1)N(C)C.I. The van der Waals surface area contributed by atoms with E-state index in [-0.39, 0.29) is 29.9 Å². The Balaban J connectivity index is 0.00000324. The van der Waals surface area contributed by atoms with E-state index in [1.165, 1.54) is 0 Å². The minimum atomic E-state index is -0.546. The fourth-order valence-electron chi connectivity index (χ4n) is 2.15. The van der Waals surface area contributed by atoms with Gasteiger partial charge in [0, 0.05) is 41.4 Å². The average molecular weight is 384 g/mol. The molecule has 1 fully saturated rings. The molecule has 0 atom stereocenters. The molecule has 1 aliphatic rings. The lowest BCUT2D eigenvalue weighted by molar-refractivity contribution is -0.132. The molecule has 6 nitrogen and oxygen atoms in total. The third-order valence-corrected chi connectivity index (χ3v) is 3.30. The Morgan fingerprint density at radius 3 is 2.05 bits per heavy atom. The van der Waals surface area contributed by atoms with Crippen molar-refractivity contribution in [2.24, 2.45) is 16.1 Å². The monoisotopic (exact) mass is 384 g/mol. The van der Waals surface area contributed by atoms with E-state index in [2.05, 4.69) is 4.99 Å². The molecule has 19 heavy (non-hydrogen) atoms. The number of halogens is 1. The lowest BCUT2D eigenvalue weighted by Gasteiger charge is -2.33. The molecule has 0 bridgehead atoms. The van der Waals surface area contributed by atoms with Crippen molar-refractivity contribution in [3.63, 3.8) is 0 Å². The van der Waals surface area contributed by atoms with Gasteiger partial charge in [-0.05, 0) is 12.8 Å². The van der Waals surface area contributed by atoms with Crippen molar-refractivity contribution >= 4 is 35.8 Å². The molecule has 0 aromatic carbocycles. The van der Waals surface area contributed by atoms with Crippen LogP contribution in [0, 0.1) is 5.41 Å². The number of nitrogens with zero attached hydrogens (tertiary/aromatic N) is 3. The largest absolute Gasteiger partial charge is 0.381 e. The van der Waals surface area contributed by atoms with Crippen molar-refractivity contribution in [3.05, 3.63) is 0 Å². The first kappa shape index (κ1) is 18.4. The Kier molecular flexibility index (Phi) is 7.65. The van der Waals surface area contributed by atoms with Gasteiger partial charge in [-0.1, -0.05) is 0 Å². The molecule has 0 spiro atoms. The molecule has 1 aliphatic heterocycles. The maximum absolute atomic E-state index is 11.7. The van der Waals surface area contributed by atoms with Crippen LogP contribution in [0.15, 0.2) is 4.99 Å². The van der Waals surface area contributed by atoms with Crippen LogP contribution in [0.1, 0.15) is 12.8 Å². The van der Waals surface area contributed by atoms with Gasteiger partial charge in [-0.15, -0.1) is 24.0 Å². The van der Waals surface area contributed by atoms with Crippen LogP contribution in [-0.4, -0.2) is 69.6 Å². The van der Waals surface area contributed by atoms with E-state index >= 15 is 0 Å². The molecular formula is C12H25IN4O2. The number of amides is 1. The van der Waals surface area contributed by atoms with Crippen LogP contribution in [0.3, 0.4) is 0 Å².